The number of benzene rings is 2. The summed E-state index contributed by atoms with van der Waals surface area (Å²) in [5.74, 6) is 1.09. The number of likely N-dealkylation sites (tertiary alicyclic amines) is 1. The smallest absolute Gasteiger partial charge is 0.254 e. The number of carbonyl (C=O) groups is 2. The van der Waals surface area contributed by atoms with Crippen molar-refractivity contribution < 1.29 is 14.3 Å². The fourth-order valence-electron chi connectivity index (χ4n) is 5.03. The molecule has 2 saturated heterocycles. The number of anilines is 1. The molecule has 6 nitrogen and oxygen atoms in total. The van der Waals surface area contributed by atoms with Crippen molar-refractivity contribution in [3.63, 3.8) is 0 Å². The van der Waals surface area contributed by atoms with Gasteiger partial charge in [-0.2, -0.15) is 0 Å². The van der Waals surface area contributed by atoms with Crippen LogP contribution in [0, 0.1) is 0 Å². The Hall–Kier alpha value is -2.86. The van der Waals surface area contributed by atoms with Crippen LogP contribution in [0.4, 0.5) is 5.69 Å². The normalized spacial score (nSPS) is 18.8. The Bertz CT molecular complexity index is 996. The fraction of sp³-hybridized carbons (Fsp3) is 0.500. The second-order valence-electron chi connectivity index (χ2n) is 9.76. The Morgan fingerprint density at radius 2 is 1.76 bits per heavy atom. The van der Waals surface area contributed by atoms with Gasteiger partial charge in [-0.05, 0) is 87.2 Å². The molecular formula is C28H35N3O3. The SMILES string of the molecule is O=C1CCCN1c1ccc(C(=O)N(Cc2cccc(OCCN3CCCCC3)c2)C2CC2)cc1. The summed E-state index contributed by atoms with van der Waals surface area (Å²) in [6, 6.07) is 16.0. The first kappa shape index (κ1) is 22.9. The van der Waals surface area contributed by atoms with Crippen LogP contribution in [0.2, 0.25) is 0 Å². The molecule has 2 heterocycles. The Kier molecular flexibility index (Phi) is 7.14. The Labute approximate surface area is 202 Å². The van der Waals surface area contributed by atoms with Gasteiger partial charge >= 0.3 is 0 Å². The lowest BCUT2D eigenvalue weighted by molar-refractivity contribution is -0.117. The van der Waals surface area contributed by atoms with Crippen LogP contribution in [0.15, 0.2) is 48.5 Å². The maximum atomic E-state index is 13.4. The molecule has 2 aromatic rings. The highest BCUT2D eigenvalue weighted by Gasteiger charge is 2.33. The number of piperidine rings is 1. The number of rotatable bonds is 9. The van der Waals surface area contributed by atoms with Crippen molar-refractivity contribution in [3.05, 3.63) is 59.7 Å². The van der Waals surface area contributed by atoms with E-state index < -0.39 is 0 Å². The monoisotopic (exact) mass is 461 g/mol. The molecule has 0 spiro atoms. The van der Waals surface area contributed by atoms with Crippen molar-refractivity contribution >= 4 is 17.5 Å². The molecule has 0 aromatic heterocycles. The van der Waals surface area contributed by atoms with Crippen molar-refractivity contribution in [3.8, 4) is 5.75 Å². The maximum absolute atomic E-state index is 13.4. The van der Waals surface area contributed by atoms with E-state index in [1.807, 2.05) is 46.2 Å². The third kappa shape index (κ3) is 5.61. The van der Waals surface area contributed by atoms with Crippen molar-refractivity contribution in [2.75, 3.05) is 37.7 Å². The Balaban J connectivity index is 1.20. The number of hydrogen-bond donors (Lipinski definition) is 0. The Morgan fingerprint density at radius 1 is 0.971 bits per heavy atom. The van der Waals surface area contributed by atoms with Gasteiger partial charge in [-0.25, -0.2) is 0 Å². The van der Waals surface area contributed by atoms with Gasteiger partial charge in [0.1, 0.15) is 12.4 Å². The zero-order valence-corrected chi connectivity index (χ0v) is 20.0. The van der Waals surface area contributed by atoms with Crippen LogP contribution in [0.3, 0.4) is 0 Å². The van der Waals surface area contributed by atoms with E-state index in [0.29, 0.717) is 31.2 Å². The van der Waals surface area contributed by atoms with Crippen LogP contribution in [0.1, 0.15) is 60.9 Å². The summed E-state index contributed by atoms with van der Waals surface area (Å²) in [6.45, 7) is 5.36. The van der Waals surface area contributed by atoms with Gasteiger partial charge in [0.25, 0.3) is 5.91 Å². The number of nitrogens with zero attached hydrogens (tertiary/aromatic N) is 3. The van der Waals surface area contributed by atoms with E-state index >= 15 is 0 Å². The topological polar surface area (TPSA) is 53.1 Å². The summed E-state index contributed by atoms with van der Waals surface area (Å²) in [5.41, 5.74) is 2.65. The van der Waals surface area contributed by atoms with Crippen LogP contribution in [-0.4, -0.2) is 60.4 Å². The average molecular weight is 462 g/mol. The molecular weight excluding hydrogens is 426 g/mol. The number of ether oxygens (including phenoxy) is 1. The standard InChI is InChI=1S/C28H35N3O3/c32-27-8-5-17-30(27)24-11-9-23(10-12-24)28(33)31(25-13-14-25)21-22-6-4-7-26(20-22)34-19-18-29-15-2-1-3-16-29/h4,6-7,9-12,20,25H,1-3,5,8,13-19,21H2. The molecule has 1 saturated carbocycles. The molecule has 180 valence electrons. The first-order valence-electron chi connectivity index (χ1n) is 12.8. The van der Waals surface area contributed by atoms with Gasteiger partial charge in [-0.3, -0.25) is 14.5 Å². The third-order valence-electron chi connectivity index (χ3n) is 7.12. The van der Waals surface area contributed by atoms with Gasteiger partial charge in [-0.1, -0.05) is 18.6 Å². The molecule has 0 atom stereocenters. The minimum Gasteiger partial charge on any atom is -0.492 e. The average Bonchev–Trinajstić information content (AvgIpc) is 3.63. The van der Waals surface area contributed by atoms with E-state index in [9.17, 15) is 9.59 Å². The van der Waals surface area contributed by atoms with Crippen LogP contribution >= 0.6 is 0 Å². The van der Waals surface area contributed by atoms with Crippen LogP contribution < -0.4 is 9.64 Å². The minimum atomic E-state index is 0.0539. The largest absolute Gasteiger partial charge is 0.492 e. The lowest BCUT2D eigenvalue weighted by atomic mass is 10.1. The fourth-order valence-corrected chi connectivity index (χ4v) is 5.03. The molecule has 5 rings (SSSR count). The van der Waals surface area contributed by atoms with Crippen molar-refractivity contribution in [2.45, 2.75) is 57.5 Å². The molecule has 0 bridgehead atoms. The molecule has 2 aromatic carbocycles. The zero-order valence-electron chi connectivity index (χ0n) is 20.0. The molecule has 3 fully saturated rings. The molecule has 6 heteroatoms. The number of amides is 2. The molecule has 3 aliphatic rings. The van der Waals surface area contributed by atoms with E-state index in [0.717, 1.165) is 49.4 Å². The van der Waals surface area contributed by atoms with E-state index in [2.05, 4.69) is 17.0 Å². The molecule has 0 radical (unpaired) electrons. The van der Waals surface area contributed by atoms with Crippen LogP contribution in [-0.2, 0) is 11.3 Å². The van der Waals surface area contributed by atoms with Crippen molar-refractivity contribution in [1.29, 1.82) is 0 Å². The van der Waals surface area contributed by atoms with E-state index in [1.54, 1.807) is 0 Å². The van der Waals surface area contributed by atoms with Gasteiger partial charge in [0.2, 0.25) is 5.91 Å². The molecule has 2 aliphatic heterocycles. The van der Waals surface area contributed by atoms with Crippen molar-refractivity contribution in [2.24, 2.45) is 0 Å². The zero-order chi connectivity index (χ0) is 23.3. The van der Waals surface area contributed by atoms with E-state index in [-0.39, 0.29) is 11.8 Å². The number of carbonyl (C=O) groups excluding carboxylic acids is 2. The summed E-state index contributed by atoms with van der Waals surface area (Å²) >= 11 is 0. The summed E-state index contributed by atoms with van der Waals surface area (Å²) in [4.78, 5) is 31.7. The lowest BCUT2D eigenvalue weighted by Gasteiger charge is -2.26. The first-order chi connectivity index (χ1) is 16.7. The highest BCUT2D eigenvalue weighted by atomic mass is 16.5. The lowest BCUT2D eigenvalue weighted by Crippen LogP contribution is -2.33. The minimum absolute atomic E-state index is 0.0539. The third-order valence-corrected chi connectivity index (χ3v) is 7.12. The molecule has 0 N–H and O–H groups in total. The van der Waals surface area contributed by atoms with Gasteiger partial charge in [0, 0.05) is 43.3 Å². The van der Waals surface area contributed by atoms with Crippen LogP contribution in [0.25, 0.3) is 0 Å². The predicted molar refractivity (Wildman–Crippen MR) is 133 cm³/mol. The highest BCUT2D eigenvalue weighted by molar-refractivity contribution is 5.97. The van der Waals surface area contributed by atoms with Gasteiger partial charge in [0.05, 0.1) is 0 Å². The van der Waals surface area contributed by atoms with Gasteiger partial charge in [0.15, 0.2) is 0 Å². The second-order valence-corrected chi connectivity index (χ2v) is 9.76. The second kappa shape index (κ2) is 10.6. The van der Waals surface area contributed by atoms with E-state index in [4.69, 9.17) is 4.74 Å². The Morgan fingerprint density at radius 3 is 2.47 bits per heavy atom. The quantitative estimate of drug-likeness (QED) is 0.552. The highest BCUT2D eigenvalue weighted by Crippen LogP contribution is 2.31. The van der Waals surface area contributed by atoms with E-state index in [1.165, 1.54) is 32.4 Å². The molecule has 34 heavy (non-hydrogen) atoms. The molecule has 2 amide bonds. The first-order valence-corrected chi connectivity index (χ1v) is 12.8. The predicted octanol–water partition coefficient (Wildman–Crippen LogP) is 4.48. The summed E-state index contributed by atoms with van der Waals surface area (Å²) in [6.07, 6.45) is 7.54. The van der Waals surface area contributed by atoms with Gasteiger partial charge < -0.3 is 14.5 Å². The van der Waals surface area contributed by atoms with Crippen molar-refractivity contribution in [1.82, 2.24) is 9.80 Å². The maximum Gasteiger partial charge on any atom is 0.254 e. The molecule has 0 unspecified atom stereocenters. The summed E-state index contributed by atoms with van der Waals surface area (Å²) in [7, 11) is 0. The van der Waals surface area contributed by atoms with Crippen LogP contribution in [0.5, 0.6) is 5.75 Å². The summed E-state index contributed by atoms with van der Waals surface area (Å²) in [5, 5.41) is 0. The number of hydrogen-bond acceptors (Lipinski definition) is 4. The van der Waals surface area contributed by atoms with Gasteiger partial charge in [-0.15, -0.1) is 0 Å². The summed E-state index contributed by atoms with van der Waals surface area (Å²) < 4.78 is 6.05. The molecule has 1 aliphatic carbocycles.